The Morgan fingerprint density at radius 1 is 1.05 bits per heavy atom. The van der Waals surface area contributed by atoms with Gasteiger partial charge in [0.25, 0.3) is 0 Å². The molecule has 4 nitrogen and oxygen atoms in total. The van der Waals surface area contributed by atoms with Crippen molar-refractivity contribution in [3.05, 3.63) is 58.4 Å². The van der Waals surface area contributed by atoms with Gasteiger partial charge >= 0.3 is 5.97 Å². The highest BCUT2D eigenvalue weighted by atomic mass is 16.5. The van der Waals surface area contributed by atoms with E-state index in [0.29, 0.717) is 11.4 Å². The molecule has 0 saturated heterocycles. The van der Waals surface area contributed by atoms with Gasteiger partial charge in [0, 0.05) is 6.92 Å². The van der Waals surface area contributed by atoms with E-state index in [4.69, 9.17) is 4.74 Å². The van der Waals surface area contributed by atoms with Gasteiger partial charge in [-0.05, 0) is 30.5 Å². The lowest BCUT2D eigenvalue weighted by atomic mass is 10.1. The summed E-state index contributed by atoms with van der Waals surface area (Å²) < 4.78 is 5.26. The van der Waals surface area contributed by atoms with Gasteiger partial charge in [0.05, 0.1) is 5.69 Å². The number of benzene rings is 1. The molecule has 0 radical (unpaired) electrons. The molecule has 1 aromatic heterocycles. The van der Waals surface area contributed by atoms with Gasteiger partial charge in [0.15, 0.2) is 5.78 Å². The lowest BCUT2D eigenvalue weighted by molar-refractivity contribution is 0.0465. The highest BCUT2D eigenvalue weighted by Gasteiger charge is 2.19. The van der Waals surface area contributed by atoms with Crippen molar-refractivity contribution < 1.29 is 14.3 Å². The minimum atomic E-state index is -0.443. The molecule has 104 valence electrons. The molecule has 1 heterocycles. The van der Waals surface area contributed by atoms with Crippen LogP contribution in [0, 0.1) is 13.8 Å². The number of carbonyl (C=O) groups excluding carboxylic acids is 2. The van der Waals surface area contributed by atoms with Crippen LogP contribution in [0.2, 0.25) is 0 Å². The highest BCUT2D eigenvalue weighted by Crippen LogP contribution is 2.19. The number of ketones is 1. The maximum absolute atomic E-state index is 12.1. The molecule has 1 N–H and O–H groups in total. The standard InChI is InChI=1S/C16H17NO3/c1-10-11(2)15(17-14(10)12(3)18)16(19)20-9-13-7-5-4-6-8-13/h4-8,17H,9H2,1-3H3. The van der Waals surface area contributed by atoms with E-state index in [1.54, 1.807) is 6.92 Å². The zero-order chi connectivity index (χ0) is 14.7. The van der Waals surface area contributed by atoms with Crippen LogP contribution >= 0.6 is 0 Å². The minimum Gasteiger partial charge on any atom is -0.456 e. The average Bonchev–Trinajstić information content (AvgIpc) is 2.74. The third-order valence-electron chi connectivity index (χ3n) is 3.33. The van der Waals surface area contributed by atoms with E-state index in [9.17, 15) is 9.59 Å². The van der Waals surface area contributed by atoms with Crippen molar-refractivity contribution in [3.8, 4) is 0 Å². The van der Waals surface area contributed by atoms with Crippen molar-refractivity contribution in [2.24, 2.45) is 0 Å². The predicted octanol–water partition coefficient (Wildman–Crippen LogP) is 3.19. The van der Waals surface area contributed by atoms with E-state index in [2.05, 4.69) is 4.98 Å². The summed E-state index contributed by atoms with van der Waals surface area (Å²) in [5.41, 5.74) is 3.30. The number of nitrogens with one attached hydrogen (secondary N) is 1. The number of esters is 1. The second-order valence-corrected chi connectivity index (χ2v) is 4.74. The first kappa shape index (κ1) is 14.1. The smallest absolute Gasteiger partial charge is 0.355 e. The van der Waals surface area contributed by atoms with Crippen LogP contribution in [0.5, 0.6) is 0 Å². The van der Waals surface area contributed by atoms with Crippen molar-refractivity contribution in [1.29, 1.82) is 0 Å². The van der Waals surface area contributed by atoms with E-state index in [-0.39, 0.29) is 12.4 Å². The molecule has 0 saturated carbocycles. The number of ether oxygens (including phenoxy) is 1. The Morgan fingerprint density at radius 2 is 1.65 bits per heavy atom. The summed E-state index contributed by atoms with van der Waals surface area (Å²) in [5, 5.41) is 0. The van der Waals surface area contributed by atoms with E-state index >= 15 is 0 Å². The first-order valence-corrected chi connectivity index (χ1v) is 6.42. The summed E-state index contributed by atoms with van der Waals surface area (Å²) in [6, 6.07) is 9.47. The molecule has 0 aliphatic carbocycles. The van der Waals surface area contributed by atoms with Crippen molar-refractivity contribution >= 4 is 11.8 Å². The molecular weight excluding hydrogens is 254 g/mol. The number of Topliss-reactive ketones (excluding diaryl/α,β-unsaturated/α-hetero) is 1. The fraction of sp³-hybridized carbons (Fsp3) is 0.250. The zero-order valence-electron chi connectivity index (χ0n) is 11.8. The molecule has 1 aromatic carbocycles. The van der Waals surface area contributed by atoms with E-state index in [1.807, 2.05) is 37.3 Å². The number of hydrogen-bond acceptors (Lipinski definition) is 3. The molecule has 2 rings (SSSR count). The van der Waals surface area contributed by atoms with Crippen LogP contribution in [-0.2, 0) is 11.3 Å². The minimum absolute atomic E-state index is 0.0901. The monoisotopic (exact) mass is 271 g/mol. The lowest BCUT2D eigenvalue weighted by Crippen LogP contribution is -2.07. The molecular formula is C16H17NO3. The van der Waals surface area contributed by atoms with Gasteiger partial charge < -0.3 is 9.72 Å². The normalized spacial score (nSPS) is 10.3. The second kappa shape index (κ2) is 5.74. The SMILES string of the molecule is CC(=O)c1[nH]c(C(=O)OCc2ccccc2)c(C)c1C. The second-order valence-electron chi connectivity index (χ2n) is 4.74. The summed E-state index contributed by atoms with van der Waals surface area (Å²) in [6.45, 7) is 5.30. The molecule has 0 unspecified atom stereocenters. The van der Waals surface area contributed by atoms with Crippen molar-refractivity contribution in [3.63, 3.8) is 0 Å². The van der Waals surface area contributed by atoms with Gasteiger partial charge in [-0.3, -0.25) is 4.79 Å². The number of hydrogen-bond donors (Lipinski definition) is 1. The Labute approximate surface area is 117 Å². The molecule has 0 aliphatic heterocycles. The maximum Gasteiger partial charge on any atom is 0.355 e. The van der Waals surface area contributed by atoms with Gasteiger partial charge in [-0.2, -0.15) is 0 Å². The molecule has 0 amide bonds. The molecule has 2 aromatic rings. The summed E-state index contributed by atoms with van der Waals surface area (Å²) >= 11 is 0. The first-order valence-electron chi connectivity index (χ1n) is 6.42. The molecule has 0 spiro atoms. The topological polar surface area (TPSA) is 59.2 Å². The Morgan fingerprint density at radius 3 is 2.20 bits per heavy atom. The van der Waals surface area contributed by atoms with E-state index in [1.165, 1.54) is 6.92 Å². The van der Waals surface area contributed by atoms with Crippen LogP contribution in [-0.4, -0.2) is 16.7 Å². The van der Waals surface area contributed by atoms with Crippen molar-refractivity contribution in [2.45, 2.75) is 27.4 Å². The van der Waals surface area contributed by atoms with Gasteiger partial charge in [0.1, 0.15) is 12.3 Å². The molecule has 4 heteroatoms. The van der Waals surface area contributed by atoms with Crippen molar-refractivity contribution in [1.82, 2.24) is 4.98 Å². The molecule has 0 atom stereocenters. The third-order valence-corrected chi connectivity index (χ3v) is 3.33. The Kier molecular flexibility index (Phi) is 4.03. The fourth-order valence-corrected chi connectivity index (χ4v) is 2.04. The molecule has 0 fully saturated rings. The van der Waals surface area contributed by atoms with Crippen molar-refractivity contribution in [2.75, 3.05) is 0 Å². The summed E-state index contributed by atoms with van der Waals surface area (Å²) in [5.74, 6) is -0.533. The predicted molar refractivity (Wildman–Crippen MR) is 75.8 cm³/mol. The lowest BCUT2D eigenvalue weighted by Gasteiger charge is -2.04. The summed E-state index contributed by atoms with van der Waals surface area (Å²) in [6.07, 6.45) is 0. The molecule has 0 bridgehead atoms. The fourth-order valence-electron chi connectivity index (χ4n) is 2.04. The van der Waals surface area contributed by atoms with E-state index < -0.39 is 5.97 Å². The van der Waals surface area contributed by atoms with Crippen LogP contribution in [0.25, 0.3) is 0 Å². The van der Waals surface area contributed by atoms with Gasteiger partial charge in [0.2, 0.25) is 0 Å². The summed E-state index contributed by atoms with van der Waals surface area (Å²) in [4.78, 5) is 26.4. The molecule has 20 heavy (non-hydrogen) atoms. The number of carbonyl (C=O) groups is 2. The van der Waals surface area contributed by atoms with Crippen LogP contribution in [0.1, 0.15) is 44.6 Å². The number of H-pyrrole nitrogens is 1. The average molecular weight is 271 g/mol. The number of rotatable bonds is 4. The van der Waals surface area contributed by atoms with Crippen LogP contribution in [0.4, 0.5) is 0 Å². The highest BCUT2D eigenvalue weighted by molar-refractivity contribution is 5.98. The van der Waals surface area contributed by atoms with E-state index in [0.717, 1.165) is 16.7 Å². The van der Waals surface area contributed by atoms with Gasteiger partial charge in [-0.15, -0.1) is 0 Å². The maximum atomic E-state index is 12.1. The largest absolute Gasteiger partial charge is 0.456 e. The Hall–Kier alpha value is -2.36. The number of aromatic nitrogens is 1. The van der Waals surface area contributed by atoms with Crippen LogP contribution in [0.15, 0.2) is 30.3 Å². The zero-order valence-corrected chi connectivity index (χ0v) is 11.8. The Balaban J connectivity index is 2.14. The Bertz CT molecular complexity index is 641. The molecule has 0 aliphatic rings. The van der Waals surface area contributed by atoms with Crippen LogP contribution < -0.4 is 0 Å². The third kappa shape index (κ3) is 2.79. The van der Waals surface area contributed by atoms with Gasteiger partial charge in [-0.1, -0.05) is 30.3 Å². The first-order chi connectivity index (χ1) is 9.50. The summed E-state index contributed by atoms with van der Waals surface area (Å²) in [7, 11) is 0. The quantitative estimate of drug-likeness (QED) is 0.686. The van der Waals surface area contributed by atoms with Gasteiger partial charge in [-0.25, -0.2) is 4.79 Å². The number of aromatic amines is 1. The van der Waals surface area contributed by atoms with Crippen LogP contribution in [0.3, 0.4) is 0 Å².